The molecule has 1 saturated heterocycles. The molecule has 1 amide bonds. The summed E-state index contributed by atoms with van der Waals surface area (Å²) in [4.78, 5) is 23.2. The van der Waals surface area contributed by atoms with Crippen LogP contribution in [0.4, 0.5) is 5.95 Å². The minimum absolute atomic E-state index is 0.0283. The van der Waals surface area contributed by atoms with Gasteiger partial charge in [-0.1, -0.05) is 13.3 Å². The van der Waals surface area contributed by atoms with Crippen LogP contribution in [0.1, 0.15) is 42.4 Å². The zero-order chi connectivity index (χ0) is 15.2. The average Bonchev–Trinajstić information content (AvgIpc) is 2.72. The van der Waals surface area contributed by atoms with E-state index in [1.807, 2.05) is 23.6 Å². The lowest BCUT2D eigenvalue weighted by molar-refractivity contribution is 0.0757. The fraction of sp³-hybridized carbons (Fsp3) is 0.667. The van der Waals surface area contributed by atoms with Crippen LogP contribution in [-0.4, -0.2) is 51.9 Å². The van der Waals surface area contributed by atoms with Gasteiger partial charge in [-0.15, -0.1) is 0 Å². The third-order valence-electron chi connectivity index (χ3n) is 3.61. The maximum Gasteiger partial charge on any atom is 0.272 e. The molecule has 6 heteroatoms. The van der Waals surface area contributed by atoms with E-state index < -0.39 is 0 Å². The average molecular weight is 308 g/mol. The van der Waals surface area contributed by atoms with E-state index in [0.29, 0.717) is 16.9 Å². The predicted octanol–water partition coefficient (Wildman–Crippen LogP) is 2.57. The highest BCUT2D eigenvalue weighted by atomic mass is 32.2. The topological polar surface area (TPSA) is 58.1 Å². The molecule has 1 N–H and O–H groups in total. The number of carbonyl (C=O) groups is 1. The number of aryl methyl sites for hydroxylation is 1. The molecule has 21 heavy (non-hydrogen) atoms. The molecule has 0 radical (unpaired) electrons. The summed E-state index contributed by atoms with van der Waals surface area (Å²) in [5, 5.41) is 3.46. The molecule has 1 aliphatic heterocycles. The van der Waals surface area contributed by atoms with Gasteiger partial charge >= 0.3 is 0 Å². The molecule has 0 aliphatic carbocycles. The highest BCUT2D eigenvalue weighted by Crippen LogP contribution is 2.23. The van der Waals surface area contributed by atoms with Crippen LogP contribution in [0.25, 0.3) is 0 Å². The summed E-state index contributed by atoms with van der Waals surface area (Å²) < 4.78 is 0. The largest absolute Gasteiger partial charge is 0.357 e. The number of carbonyl (C=O) groups excluding carboxylic acids is 1. The molecule has 1 aromatic rings. The number of amides is 1. The third-order valence-corrected chi connectivity index (χ3v) is 4.80. The molecule has 2 rings (SSSR count). The number of nitrogens with one attached hydrogen (secondary N) is 1. The second-order valence-corrected chi connectivity index (χ2v) is 6.87. The minimum atomic E-state index is 0.0283. The van der Waals surface area contributed by atoms with E-state index in [4.69, 9.17) is 0 Å². The van der Waals surface area contributed by atoms with Crippen LogP contribution in [0.5, 0.6) is 0 Å². The van der Waals surface area contributed by atoms with E-state index in [1.165, 1.54) is 12.8 Å². The number of anilines is 1. The van der Waals surface area contributed by atoms with Crippen LogP contribution < -0.4 is 5.32 Å². The monoisotopic (exact) mass is 308 g/mol. The molecule has 0 spiro atoms. The van der Waals surface area contributed by atoms with Crippen LogP contribution >= 0.6 is 11.8 Å². The molecule has 5 nitrogen and oxygen atoms in total. The van der Waals surface area contributed by atoms with Crippen LogP contribution in [0, 0.1) is 6.92 Å². The molecule has 1 fully saturated rings. The van der Waals surface area contributed by atoms with Crippen molar-refractivity contribution in [2.45, 2.75) is 38.4 Å². The second-order valence-electron chi connectivity index (χ2n) is 5.29. The van der Waals surface area contributed by atoms with E-state index in [9.17, 15) is 4.79 Å². The Bertz CT molecular complexity index is 495. The normalized spacial score (nSPS) is 19.2. The number of aromatic nitrogens is 2. The first-order chi connectivity index (χ1) is 10.1. The zero-order valence-corrected chi connectivity index (χ0v) is 13.9. The summed E-state index contributed by atoms with van der Waals surface area (Å²) in [5.41, 5.74) is 1.31. The molecule has 1 atom stereocenters. The number of nitrogens with zero attached hydrogens (tertiary/aromatic N) is 3. The van der Waals surface area contributed by atoms with Gasteiger partial charge in [-0.25, -0.2) is 9.97 Å². The van der Waals surface area contributed by atoms with E-state index in [1.54, 1.807) is 13.1 Å². The maximum absolute atomic E-state index is 12.7. The van der Waals surface area contributed by atoms with Crippen molar-refractivity contribution in [3.63, 3.8) is 0 Å². The highest BCUT2D eigenvalue weighted by molar-refractivity contribution is 7.99. The van der Waals surface area contributed by atoms with Crippen molar-refractivity contribution in [2.75, 3.05) is 31.2 Å². The molecule has 0 aromatic carbocycles. The molecule has 2 heterocycles. The molecular formula is C15H24N4OS. The molecule has 116 valence electrons. The van der Waals surface area contributed by atoms with Gasteiger partial charge < -0.3 is 10.2 Å². The molecule has 1 aliphatic rings. The van der Waals surface area contributed by atoms with Crippen LogP contribution in [0.3, 0.4) is 0 Å². The van der Waals surface area contributed by atoms with Gasteiger partial charge in [0.25, 0.3) is 5.91 Å². The zero-order valence-electron chi connectivity index (χ0n) is 13.1. The molecule has 0 unspecified atom stereocenters. The van der Waals surface area contributed by atoms with Gasteiger partial charge in [0.2, 0.25) is 5.95 Å². The van der Waals surface area contributed by atoms with Gasteiger partial charge in [0.1, 0.15) is 5.69 Å². The highest BCUT2D eigenvalue weighted by Gasteiger charge is 2.24. The minimum Gasteiger partial charge on any atom is -0.357 e. The lowest BCUT2D eigenvalue weighted by Gasteiger charge is -2.24. The van der Waals surface area contributed by atoms with Crippen LogP contribution in [-0.2, 0) is 0 Å². The summed E-state index contributed by atoms with van der Waals surface area (Å²) in [7, 11) is 1.77. The quantitative estimate of drug-likeness (QED) is 0.926. The van der Waals surface area contributed by atoms with Crippen molar-refractivity contribution >= 4 is 23.6 Å². The fourth-order valence-electron chi connectivity index (χ4n) is 2.61. The number of hydrogen-bond donors (Lipinski definition) is 1. The van der Waals surface area contributed by atoms with Gasteiger partial charge in [0, 0.05) is 31.1 Å². The van der Waals surface area contributed by atoms with Crippen LogP contribution in [0.2, 0.25) is 0 Å². The van der Waals surface area contributed by atoms with Crippen molar-refractivity contribution < 1.29 is 4.79 Å². The van der Waals surface area contributed by atoms with E-state index in [0.717, 1.165) is 31.0 Å². The summed E-state index contributed by atoms with van der Waals surface area (Å²) in [6, 6.07) is 1.77. The lowest BCUT2D eigenvalue weighted by atomic mass is 10.2. The number of hydrogen-bond acceptors (Lipinski definition) is 5. The maximum atomic E-state index is 12.7. The molecular weight excluding hydrogens is 284 g/mol. The van der Waals surface area contributed by atoms with Crippen molar-refractivity contribution in [3.8, 4) is 0 Å². The first kappa shape index (κ1) is 16.1. The Morgan fingerprint density at radius 1 is 1.48 bits per heavy atom. The molecule has 0 saturated carbocycles. The standard InChI is InChI=1S/C15H24N4OS/c1-4-21-12-7-5-6-8-19(10-12)14(20)13-9-11(2)17-15(16-3)18-13/h9,12H,4-8,10H2,1-3H3,(H,16,17,18)/t12-/m0/s1. The van der Waals surface area contributed by atoms with Gasteiger partial charge in [-0.05, 0) is 31.6 Å². The fourth-order valence-corrected chi connectivity index (χ4v) is 3.70. The van der Waals surface area contributed by atoms with E-state index in [-0.39, 0.29) is 5.91 Å². The first-order valence-corrected chi connectivity index (χ1v) is 8.63. The summed E-state index contributed by atoms with van der Waals surface area (Å²) >= 11 is 1.95. The van der Waals surface area contributed by atoms with Gasteiger partial charge in [-0.3, -0.25) is 4.79 Å². The number of rotatable bonds is 4. The number of likely N-dealkylation sites (tertiary alicyclic amines) is 1. The Kier molecular flexibility index (Phi) is 5.85. The predicted molar refractivity (Wildman–Crippen MR) is 88.0 cm³/mol. The smallest absolute Gasteiger partial charge is 0.272 e. The van der Waals surface area contributed by atoms with Crippen molar-refractivity contribution in [1.29, 1.82) is 0 Å². The Morgan fingerprint density at radius 3 is 3.00 bits per heavy atom. The second kappa shape index (κ2) is 7.64. The third kappa shape index (κ3) is 4.33. The lowest BCUT2D eigenvalue weighted by Crippen LogP contribution is -2.36. The summed E-state index contributed by atoms with van der Waals surface area (Å²) in [6.07, 6.45) is 3.48. The van der Waals surface area contributed by atoms with Crippen molar-refractivity contribution in [3.05, 3.63) is 17.5 Å². The summed E-state index contributed by atoms with van der Waals surface area (Å²) in [5.74, 6) is 1.64. The van der Waals surface area contributed by atoms with Gasteiger partial charge in [0.15, 0.2) is 0 Å². The Balaban J connectivity index is 2.15. The summed E-state index contributed by atoms with van der Waals surface area (Å²) in [6.45, 7) is 5.72. The molecule has 0 bridgehead atoms. The molecule has 1 aromatic heterocycles. The number of thioether (sulfide) groups is 1. The van der Waals surface area contributed by atoms with Gasteiger partial charge in [0.05, 0.1) is 0 Å². The SMILES string of the molecule is CCS[C@H]1CCCCN(C(=O)c2cc(C)nc(NC)n2)C1. The first-order valence-electron chi connectivity index (χ1n) is 7.58. The van der Waals surface area contributed by atoms with Crippen molar-refractivity contribution in [2.24, 2.45) is 0 Å². The Labute approximate surface area is 130 Å². The van der Waals surface area contributed by atoms with Gasteiger partial charge in [-0.2, -0.15) is 11.8 Å². The Morgan fingerprint density at radius 2 is 2.29 bits per heavy atom. The van der Waals surface area contributed by atoms with Crippen LogP contribution in [0.15, 0.2) is 6.07 Å². The Hall–Kier alpha value is -1.30. The van der Waals surface area contributed by atoms with E-state index >= 15 is 0 Å². The van der Waals surface area contributed by atoms with Crippen molar-refractivity contribution in [1.82, 2.24) is 14.9 Å². The van der Waals surface area contributed by atoms with E-state index in [2.05, 4.69) is 22.2 Å².